The lowest BCUT2D eigenvalue weighted by molar-refractivity contribution is -0.138. The molecule has 0 radical (unpaired) electrons. The van der Waals surface area contributed by atoms with Gasteiger partial charge in [-0.3, -0.25) is 9.46 Å². The second-order valence-electron chi connectivity index (χ2n) is 4.27. The maximum Gasteiger partial charge on any atom is 0.303 e. The van der Waals surface area contributed by atoms with Crippen molar-refractivity contribution in [2.75, 3.05) is 0 Å². The first kappa shape index (κ1) is 9.42. The van der Waals surface area contributed by atoms with Gasteiger partial charge in [-0.15, -0.1) is 0 Å². The molecule has 4 atom stereocenters. The van der Waals surface area contributed by atoms with Gasteiger partial charge in [0.15, 0.2) is 0 Å². The molecule has 1 N–H and O–H groups in total. The summed E-state index contributed by atoms with van der Waals surface area (Å²) >= 11 is 0. The molecule has 2 aliphatic rings. The lowest BCUT2D eigenvalue weighted by Gasteiger charge is -2.35. The second kappa shape index (κ2) is 3.55. The monoisotopic (exact) mass is 201 g/mol. The van der Waals surface area contributed by atoms with Crippen LogP contribution in [-0.2, 0) is 4.79 Å². The first-order valence-corrected chi connectivity index (χ1v) is 5.43. The first-order chi connectivity index (χ1) is 6.16. The molecule has 1 unspecified atom stereocenters. The van der Waals surface area contributed by atoms with Crippen molar-refractivity contribution in [3.63, 3.8) is 0 Å². The highest BCUT2D eigenvalue weighted by atomic mass is 31.0. The Morgan fingerprint density at radius 2 is 1.92 bits per heavy atom. The number of hydrogen-bond acceptors (Lipinski definition) is 2. The van der Waals surface area contributed by atoms with Crippen LogP contribution < -0.4 is 0 Å². The van der Waals surface area contributed by atoms with Gasteiger partial charge in [0, 0.05) is 18.5 Å². The van der Waals surface area contributed by atoms with Crippen LogP contribution in [0.15, 0.2) is 0 Å². The van der Waals surface area contributed by atoms with Crippen LogP contribution in [0.5, 0.6) is 0 Å². The number of rotatable bonds is 2. The van der Waals surface area contributed by atoms with Gasteiger partial charge in [0.25, 0.3) is 0 Å². The smallest absolute Gasteiger partial charge is 0.303 e. The molecule has 2 rings (SSSR count). The van der Waals surface area contributed by atoms with Gasteiger partial charge in [-0.25, -0.2) is 0 Å². The van der Waals surface area contributed by atoms with Crippen LogP contribution in [-0.4, -0.2) is 27.8 Å². The van der Waals surface area contributed by atoms with E-state index in [9.17, 15) is 4.79 Å². The fourth-order valence-electron chi connectivity index (χ4n) is 2.74. The van der Waals surface area contributed by atoms with Crippen molar-refractivity contribution in [3.05, 3.63) is 0 Å². The van der Waals surface area contributed by atoms with E-state index in [2.05, 4.69) is 14.1 Å². The molecule has 2 saturated heterocycles. The van der Waals surface area contributed by atoms with Gasteiger partial charge in [0.1, 0.15) is 0 Å². The van der Waals surface area contributed by atoms with Crippen molar-refractivity contribution in [1.29, 1.82) is 0 Å². The van der Waals surface area contributed by atoms with Gasteiger partial charge in [0.2, 0.25) is 0 Å². The number of hydrogen-bond donors (Lipinski definition) is 1. The molecule has 2 bridgehead atoms. The zero-order valence-electron chi connectivity index (χ0n) is 7.65. The fraction of sp³-hybridized carbons (Fsp3) is 0.889. The molecule has 13 heavy (non-hydrogen) atoms. The van der Waals surface area contributed by atoms with E-state index in [4.69, 9.17) is 5.11 Å². The minimum absolute atomic E-state index is 0.367. The van der Waals surface area contributed by atoms with Crippen LogP contribution >= 0.6 is 9.39 Å². The third kappa shape index (κ3) is 1.87. The maximum absolute atomic E-state index is 10.6. The maximum atomic E-state index is 10.6. The van der Waals surface area contributed by atoms with Crippen LogP contribution in [0, 0.1) is 5.92 Å². The molecule has 0 aliphatic carbocycles. The summed E-state index contributed by atoms with van der Waals surface area (Å²) in [5.74, 6) is -0.214. The predicted molar refractivity (Wildman–Crippen MR) is 53.3 cm³/mol. The topological polar surface area (TPSA) is 40.5 Å². The fourth-order valence-corrected chi connectivity index (χ4v) is 3.28. The number of aliphatic carboxylic acids is 1. The Bertz CT molecular complexity index is 208. The van der Waals surface area contributed by atoms with Gasteiger partial charge in [-0.2, -0.15) is 0 Å². The standard InChI is InChI=1S/C9H16NO2P/c11-9(12)5-6-3-7-1-2-8(4-6)10(7)13/h6-8H,1-5,13H2,(H,11,12)/t6-,7+,8-. The van der Waals surface area contributed by atoms with Crippen molar-refractivity contribution in [2.24, 2.45) is 5.92 Å². The van der Waals surface area contributed by atoms with E-state index in [-0.39, 0.29) is 0 Å². The molecule has 0 spiro atoms. The highest BCUT2D eigenvalue weighted by Gasteiger charge is 2.38. The normalized spacial score (nSPS) is 39.3. The summed E-state index contributed by atoms with van der Waals surface area (Å²) < 4.78 is 2.36. The third-order valence-corrected chi connectivity index (χ3v) is 4.19. The van der Waals surface area contributed by atoms with Gasteiger partial charge in [0.05, 0.1) is 0 Å². The summed E-state index contributed by atoms with van der Waals surface area (Å²) in [5, 5.41) is 8.71. The lowest BCUT2D eigenvalue weighted by Crippen LogP contribution is -2.36. The molecule has 0 saturated carbocycles. The van der Waals surface area contributed by atoms with Crippen LogP contribution in [0.4, 0.5) is 0 Å². The molecule has 2 aliphatic heterocycles. The summed E-state index contributed by atoms with van der Waals surface area (Å²) in [6, 6.07) is 1.26. The van der Waals surface area contributed by atoms with Crippen LogP contribution in [0.2, 0.25) is 0 Å². The molecule has 2 fully saturated rings. The van der Waals surface area contributed by atoms with E-state index in [1.165, 1.54) is 12.8 Å². The average molecular weight is 201 g/mol. The van der Waals surface area contributed by atoms with E-state index >= 15 is 0 Å². The number of carboxylic acid groups (broad SMARTS) is 1. The van der Waals surface area contributed by atoms with Crippen molar-refractivity contribution in [1.82, 2.24) is 4.67 Å². The Morgan fingerprint density at radius 3 is 2.38 bits per heavy atom. The van der Waals surface area contributed by atoms with Crippen molar-refractivity contribution in [3.8, 4) is 0 Å². The Hall–Kier alpha value is -0.140. The summed E-state index contributed by atoms with van der Waals surface area (Å²) in [4.78, 5) is 10.6. The molecule has 3 nitrogen and oxygen atoms in total. The van der Waals surface area contributed by atoms with Crippen molar-refractivity contribution in [2.45, 2.75) is 44.2 Å². The Kier molecular flexibility index (Phi) is 2.57. The number of piperidine rings is 1. The third-order valence-electron chi connectivity index (χ3n) is 3.35. The SMILES string of the molecule is O=C(O)C[C@H]1C[C@H]2CC[C@@H](C1)N2P. The molecular formula is C9H16NO2P. The number of nitrogens with zero attached hydrogens (tertiary/aromatic N) is 1. The molecular weight excluding hydrogens is 185 g/mol. The van der Waals surface area contributed by atoms with E-state index in [1.807, 2.05) is 0 Å². The quantitative estimate of drug-likeness (QED) is 0.688. The Morgan fingerprint density at radius 1 is 1.38 bits per heavy atom. The molecule has 0 aromatic rings. The minimum Gasteiger partial charge on any atom is -0.481 e. The predicted octanol–water partition coefficient (Wildman–Crippen LogP) is 1.49. The van der Waals surface area contributed by atoms with Gasteiger partial charge < -0.3 is 5.11 Å². The zero-order chi connectivity index (χ0) is 9.42. The molecule has 0 amide bonds. The summed E-state index contributed by atoms with van der Waals surface area (Å²) in [6.45, 7) is 0. The van der Waals surface area contributed by atoms with Crippen LogP contribution in [0.3, 0.4) is 0 Å². The van der Waals surface area contributed by atoms with Gasteiger partial charge in [-0.1, -0.05) is 9.39 Å². The second-order valence-corrected chi connectivity index (χ2v) is 4.86. The lowest BCUT2D eigenvalue weighted by atomic mass is 9.90. The zero-order valence-corrected chi connectivity index (χ0v) is 8.80. The van der Waals surface area contributed by atoms with Crippen LogP contribution in [0.1, 0.15) is 32.1 Å². The Balaban J connectivity index is 1.95. The molecule has 0 aromatic heterocycles. The number of fused-ring (bicyclic) bond motifs is 2. The van der Waals surface area contributed by atoms with Crippen LogP contribution in [0.25, 0.3) is 0 Å². The summed E-state index contributed by atoms with van der Waals surface area (Å²) in [7, 11) is 2.79. The number of carbonyl (C=O) groups is 1. The Labute approximate surface area is 80.7 Å². The summed E-state index contributed by atoms with van der Waals surface area (Å²) in [6.07, 6.45) is 5.03. The van der Waals surface area contributed by atoms with E-state index < -0.39 is 5.97 Å². The highest BCUT2D eigenvalue weighted by Crippen LogP contribution is 2.41. The summed E-state index contributed by atoms with van der Waals surface area (Å²) in [5.41, 5.74) is 0. The molecule has 74 valence electrons. The molecule has 4 heteroatoms. The first-order valence-electron chi connectivity index (χ1n) is 4.91. The van der Waals surface area contributed by atoms with Gasteiger partial charge >= 0.3 is 5.97 Å². The van der Waals surface area contributed by atoms with Crippen molar-refractivity contribution < 1.29 is 9.90 Å². The van der Waals surface area contributed by atoms with Gasteiger partial charge in [-0.05, 0) is 31.6 Å². The van der Waals surface area contributed by atoms with Crippen molar-refractivity contribution >= 4 is 15.4 Å². The molecule has 2 heterocycles. The largest absolute Gasteiger partial charge is 0.481 e. The number of carboxylic acids is 1. The molecule has 0 aromatic carbocycles. The average Bonchev–Trinajstić information content (AvgIpc) is 2.33. The van der Waals surface area contributed by atoms with E-state index in [0.717, 1.165) is 12.8 Å². The van der Waals surface area contributed by atoms with E-state index in [1.54, 1.807) is 0 Å². The van der Waals surface area contributed by atoms with E-state index in [0.29, 0.717) is 24.4 Å². The highest BCUT2D eigenvalue weighted by molar-refractivity contribution is 7.13. The minimum atomic E-state index is -0.637.